The van der Waals surface area contributed by atoms with Crippen molar-refractivity contribution in [2.75, 3.05) is 27.1 Å². The molecule has 0 bridgehead atoms. The molecule has 1 fully saturated rings. The molecule has 2 aromatic rings. The lowest BCUT2D eigenvalue weighted by Gasteiger charge is -2.26. The van der Waals surface area contributed by atoms with E-state index in [1.807, 2.05) is 52.0 Å². The molecule has 0 saturated carbocycles. The van der Waals surface area contributed by atoms with Crippen molar-refractivity contribution in [1.82, 2.24) is 0 Å². The zero-order valence-electron chi connectivity index (χ0n) is 34.6. The highest BCUT2D eigenvalue weighted by atomic mass is 32.1. The van der Waals surface area contributed by atoms with Gasteiger partial charge >= 0.3 is 11.9 Å². The zero-order valence-corrected chi connectivity index (χ0v) is 38.4. The van der Waals surface area contributed by atoms with Gasteiger partial charge < -0.3 is 37.3 Å². The van der Waals surface area contributed by atoms with Crippen molar-refractivity contribution >= 4 is 53.6 Å². The van der Waals surface area contributed by atoms with Gasteiger partial charge in [-0.25, -0.2) is 9.59 Å². The Hall–Kier alpha value is -2.31. The van der Waals surface area contributed by atoms with Crippen molar-refractivity contribution in [2.24, 2.45) is 5.92 Å². The summed E-state index contributed by atoms with van der Waals surface area (Å²) >= 11 is 9.08. The monoisotopic (exact) mass is 836 g/mol. The van der Waals surface area contributed by atoms with Crippen LogP contribution in [-0.4, -0.2) is 85.4 Å². The predicted octanol–water partition coefficient (Wildman–Crippen LogP) is 9.82. The lowest BCUT2D eigenvalue weighted by molar-refractivity contribution is -0.153. The molecule has 3 rings (SSSR count). The molecule has 1 aliphatic rings. The van der Waals surface area contributed by atoms with Crippen LogP contribution < -0.4 is 9.47 Å². The summed E-state index contributed by atoms with van der Waals surface area (Å²) in [5.41, 5.74) is 1.33. The van der Waals surface area contributed by atoms with E-state index in [-0.39, 0.29) is 24.4 Å². The summed E-state index contributed by atoms with van der Waals surface area (Å²) in [6.07, 6.45) is 2.57. The van der Waals surface area contributed by atoms with Crippen LogP contribution in [0.25, 0.3) is 0 Å². The summed E-state index contributed by atoms with van der Waals surface area (Å²) in [5, 5.41) is -0.466. The van der Waals surface area contributed by atoms with Gasteiger partial charge in [-0.15, -0.1) is 0 Å². The van der Waals surface area contributed by atoms with Gasteiger partial charge in [0, 0.05) is 40.5 Å². The predicted molar refractivity (Wildman–Crippen MR) is 229 cm³/mol. The number of methoxy groups -OCH3 is 1. The Bertz CT molecular complexity index is 1540. The number of ether oxygens (including phenoxy) is 7. The van der Waals surface area contributed by atoms with E-state index in [0.29, 0.717) is 48.7 Å². The summed E-state index contributed by atoms with van der Waals surface area (Å²) < 4.78 is 47.7. The Morgan fingerprint density at radius 1 is 0.909 bits per heavy atom. The Morgan fingerprint density at radius 2 is 1.56 bits per heavy atom. The fraction of sp³-hybridized carbons (Fsp3) is 0.610. The van der Waals surface area contributed by atoms with E-state index in [4.69, 9.17) is 50.0 Å². The minimum Gasteiger partial charge on any atom is -0.494 e. The largest absolute Gasteiger partial charge is 0.494 e. The van der Waals surface area contributed by atoms with Crippen LogP contribution in [0, 0.1) is 5.92 Å². The molecular weight excluding hydrogens is 773 g/mol. The first-order chi connectivity index (χ1) is 25.7. The van der Waals surface area contributed by atoms with Gasteiger partial charge in [-0.05, 0) is 88.4 Å². The molecule has 14 heteroatoms. The highest BCUT2D eigenvalue weighted by Crippen LogP contribution is 2.41. The normalized spacial score (nSPS) is 19.4. The molecule has 2 aromatic carbocycles. The van der Waals surface area contributed by atoms with Crippen molar-refractivity contribution in [3.8, 4) is 11.5 Å². The van der Waals surface area contributed by atoms with Crippen molar-refractivity contribution in [3.05, 3.63) is 71.3 Å². The van der Waals surface area contributed by atoms with Crippen LogP contribution in [0.15, 0.2) is 54.6 Å². The number of esters is 2. The average molecular weight is 837 g/mol. The number of hydrogen-bond acceptors (Lipinski definition) is 12. The van der Waals surface area contributed by atoms with Gasteiger partial charge in [0.1, 0.15) is 29.3 Å². The third-order valence-corrected chi connectivity index (χ3v) is 13.5. The second-order valence-electron chi connectivity index (χ2n) is 17.1. The molecule has 0 spiro atoms. The van der Waals surface area contributed by atoms with Crippen LogP contribution in [0.4, 0.5) is 0 Å². The molecule has 1 saturated heterocycles. The lowest BCUT2D eigenvalue weighted by atomic mass is 9.95. The number of rotatable bonds is 22. The molecule has 1 heterocycles. The molecule has 6 atom stereocenters. The quantitative estimate of drug-likeness (QED) is 0.0297. The van der Waals surface area contributed by atoms with Crippen molar-refractivity contribution in [1.29, 1.82) is 0 Å². The van der Waals surface area contributed by atoms with E-state index in [1.165, 1.54) is 7.11 Å². The van der Waals surface area contributed by atoms with Crippen molar-refractivity contribution in [3.63, 3.8) is 0 Å². The maximum Gasteiger partial charge on any atom is 0.342 e. The minimum absolute atomic E-state index is 0.0373. The third kappa shape index (κ3) is 15.9. The molecule has 0 aromatic heterocycles. The smallest absolute Gasteiger partial charge is 0.342 e. The molecule has 0 aliphatic carbocycles. The Balaban J connectivity index is 1.98. The number of benzene rings is 2. The van der Waals surface area contributed by atoms with Gasteiger partial charge in [-0.3, -0.25) is 0 Å². The second-order valence-corrected chi connectivity index (χ2v) is 29.1. The van der Waals surface area contributed by atoms with Crippen molar-refractivity contribution in [2.45, 2.75) is 127 Å². The van der Waals surface area contributed by atoms with E-state index < -0.39 is 57.4 Å². The average Bonchev–Trinajstić information content (AvgIpc) is 3.43. The van der Waals surface area contributed by atoms with E-state index in [2.05, 4.69) is 52.2 Å². The third-order valence-electron chi connectivity index (χ3n) is 9.24. The van der Waals surface area contributed by atoms with E-state index in [9.17, 15) is 9.59 Å². The molecule has 3 unspecified atom stereocenters. The Labute approximate surface area is 342 Å². The summed E-state index contributed by atoms with van der Waals surface area (Å²) in [7, 11) is -1.32. The van der Waals surface area contributed by atoms with Gasteiger partial charge in [0.05, 0.1) is 31.0 Å². The van der Waals surface area contributed by atoms with E-state index >= 15 is 0 Å². The maximum atomic E-state index is 13.9. The van der Waals surface area contributed by atoms with Crippen LogP contribution in [0.2, 0.25) is 51.4 Å². The second kappa shape index (κ2) is 21.5. The molecule has 0 radical (unpaired) electrons. The molecule has 10 nitrogen and oxygen atoms in total. The number of hydrogen-bond donors (Lipinski definition) is 2. The molecule has 0 N–H and O–H groups in total. The summed E-state index contributed by atoms with van der Waals surface area (Å²) in [6, 6.07) is 14.2. The van der Waals surface area contributed by atoms with E-state index in [1.54, 1.807) is 30.3 Å². The van der Waals surface area contributed by atoms with Gasteiger partial charge in [-0.2, -0.15) is 12.6 Å². The van der Waals surface area contributed by atoms with Crippen LogP contribution >= 0.6 is 25.5 Å². The summed E-state index contributed by atoms with van der Waals surface area (Å²) in [6.45, 7) is 22.0. The molecule has 0 amide bonds. The Morgan fingerprint density at radius 3 is 2.18 bits per heavy atom. The van der Waals surface area contributed by atoms with Gasteiger partial charge in [0.25, 0.3) is 0 Å². The first-order valence-corrected chi connectivity index (χ1v) is 27.4. The highest BCUT2D eigenvalue weighted by Gasteiger charge is 2.46. The molecule has 55 heavy (non-hydrogen) atoms. The SMILES string of the molecule is COCOc1cc(OCC[Si](C)(C)C)cc(C(S)CC[C@@H]2OC(C)(C)OC2C(/C=C\[C@@H](C)[C@H](C)OS)OC(=O)c2ccccc2)c1C(=O)OCC[Si](C)(C)C. The summed E-state index contributed by atoms with van der Waals surface area (Å²) in [5.74, 6) is -1.08. The zero-order chi connectivity index (χ0) is 41.0. The topological polar surface area (TPSA) is 108 Å². The van der Waals surface area contributed by atoms with E-state index in [0.717, 1.165) is 12.1 Å². The fourth-order valence-electron chi connectivity index (χ4n) is 5.77. The van der Waals surface area contributed by atoms with Crippen LogP contribution in [0.5, 0.6) is 11.5 Å². The number of carbonyl (C=O) groups excluding carboxylic acids is 2. The Kier molecular flexibility index (Phi) is 18.4. The fourth-order valence-corrected chi connectivity index (χ4v) is 7.74. The first-order valence-electron chi connectivity index (χ1n) is 19.1. The standard InChI is InChI=1S/C41H64O10S2Si2/c1-28(29(2)51-53)17-18-33(48-39(42)30-15-13-12-14-16-30)38-34(49-41(3,4)50-38)19-20-36(52)32-25-31(45-21-23-54(6,7)8)26-35(47-27-44-5)37(32)40(43)46-22-24-55(9,10)11/h12-18,25-26,28-29,33-34,36,38,52-53H,19-24,27H2,1-11H3/b18-17-/t28-,29+,33?,34+,36?,38?/m1/s1. The van der Waals surface area contributed by atoms with Gasteiger partial charge in [0.15, 0.2) is 12.6 Å². The first kappa shape index (κ1) is 47.1. The molecule has 1 aliphatic heterocycles. The maximum absolute atomic E-state index is 13.9. The minimum atomic E-state index is -1.47. The van der Waals surface area contributed by atoms with Crippen LogP contribution in [0.1, 0.15) is 72.1 Å². The van der Waals surface area contributed by atoms with Crippen LogP contribution in [-0.2, 0) is 27.9 Å². The van der Waals surface area contributed by atoms with Crippen LogP contribution in [0.3, 0.4) is 0 Å². The lowest BCUT2D eigenvalue weighted by Crippen LogP contribution is -2.38. The van der Waals surface area contributed by atoms with Gasteiger partial charge in [0.2, 0.25) is 0 Å². The number of thiol groups is 2. The highest BCUT2D eigenvalue weighted by molar-refractivity contribution is 7.80. The molecule has 308 valence electrons. The molecular formula is C41H64O10S2Si2. The number of carbonyl (C=O) groups is 2. The van der Waals surface area contributed by atoms with Gasteiger partial charge in [-0.1, -0.05) is 70.5 Å². The summed E-state index contributed by atoms with van der Waals surface area (Å²) in [4.78, 5) is 27.3. The van der Waals surface area contributed by atoms with Crippen molar-refractivity contribution < 1.29 is 46.9 Å².